The molecule has 1 heterocycles. The molecule has 1 saturated heterocycles. The molecule has 3 unspecified atom stereocenters. The highest BCUT2D eigenvalue weighted by molar-refractivity contribution is 5.25. The van der Waals surface area contributed by atoms with Gasteiger partial charge in [0.15, 0.2) is 0 Å². The van der Waals surface area contributed by atoms with Crippen LogP contribution in [-0.2, 0) is 4.74 Å². The standard InChI is InChI=1S/C10H16O/c1-2-4-9-6-8-3-5-10(9,7-8)11-9/h8H,2-7H2,1H3. The normalized spacial score (nSPS) is 58.1. The highest BCUT2D eigenvalue weighted by Crippen LogP contribution is 2.70. The van der Waals surface area contributed by atoms with Gasteiger partial charge in [-0.2, -0.15) is 0 Å². The van der Waals surface area contributed by atoms with Crippen molar-refractivity contribution in [2.24, 2.45) is 5.92 Å². The first-order valence-electron chi connectivity index (χ1n) is 5.00. The van der Waals surface area contributed by atoms with Crippen molar-refractivity contribution in [3.05, 3.63) is 0 Å². The topological polar surface area (TPSA) is 12.5 Å². The predicted molar refractivity (Wildman–Crippen MR) is 43.4 cm³/mol. The van der Waals surface area contributed by atoms with E-state index in [4.69, 9.17) is 4.74 Å². The summed E-state index contributed by atoms with van der Waals surface area (Å²) in [5.74, 6) is 1.04. The van der Waals surface area contributed by atoms with Gasteiger partial charge in [0.2, 0.25) is 0 Å². The predicted octanol–water partition coefficient (Wildman–Crippen LogP) is 2.50. The Hall–Kier alpha value is -0.0400. The lowest BCUT2D eigenvalue weighted by Crippen LogP contribution is -2.20. The second kappa shape index (κ2) is 1.66. The molecule has 62 valence electrons. The number of fused-ring (bicyclic) bond motifs is 1. The highest BCUT2D eigenvalue weighted by atomic mass is 16.6. The molecule has 3 aliphatic rings. The molecule has 1 nitrogen and oxygen atoms in total. The van der Waals surface area contributed by atoms with Gasteiger partial charge in [-0.05, 0) is 38.0 Å². The summed E-state index contributed by atoms with van der Waals surface area (Å²) in [5.41, 5.74) is 0.832. The van der Waals surface area contributed by atoms with E-state index in [1.165, 1.54) is 38.5 Å². The second-order valence-electron chi connectivity index (χ2n) is 4.65. The fourth-order valence-corrected chi connectivity index (χ4v) is 3.62. The number of epoxide rings is 1. The van der Waals surface area contributed by atoms with Crippen LogP contribution in [0.2, 0.25) is 0 Å². The number of ether oxygens (including phenoxy) is 1. The Morgan fingerprint density at radius 3 is 2.91 bits per heavy atom. The van der Waals surface area contributed by atoms with Gasteiger partial charge >= 0.3 is 0 Å². The van der Waals surface area contributed by atoms with Crippen molar-refractivity contribution in [3.8, 4) is 0 Å². The lowest BCUT2D eigenvalue weighted by atomic mass is 9.86. The van der Waals surface area contributed by atoms with Crippen LogP contribution in [0.5, 0.6) is 0 Å². The Kier molecular flexibility index (Phi) is 0.976. The Bertz CT molecular complexity index is 197. The molecule has 0 aromatic heterocycles. The Labute approximate surface area is 68.1 Å². The van der Waals surface area contributed by atoms with Crippen LogP contribution in [0.25, 0.3) is 0 Å². The molecule has 2 aliphatic carbocycles. The zero-order valence-electron chi connectivity index (χ0n) is 7.23. The first-order valence-corrected chi connectivity index (χ1v) is 5.00. The van der Waals surface area contributed by atoms with Crippen LogP contribution < -0.4 is 0 Å². The fraction of sp³-hybridized carbons (Fsp3) is 1.00. The summed E-state index contributed by atoms with van der Waals surface area (Å²) in [6, 6.07) is 0. The molecule has 0 aromatic carbocycles. The summed E-state index contributed by atoms with van der Waals surface area (Å²) in [5, 5.41) is 0. The largest absolute Gasteiger partial charge is 0.363 e. The van der Waals surface area contributed by atoms with Crippen molar-refractivity contribution >= 4 is 0 Å². The molecule has 3 atom stereocenters. The van der Waals surface area contributed by atoms with E-state index in [0.717, 1.165) is 5.92 Å². The van der Waals surface area contributed by atoms with E-state index in [-0.39, 0.29) is 0 Å². The van der Waals surface area contributed by atoms with Crippen molar-refractivity contribution in [1.82, 2.24) is 0 Å². The minimum atomic E-state index is 0.407. The maximum absolute atomic E-state index is 5.96. The van der Waals surface area contributed by atoms with E-state index < -0.39 is 0 Å². The van der Waals surface area contributed by atoms with Crippen molar-refractivity contribution < 1.29 is 4.74 Å². The summed E-state index contributed by atoms with van der Waals surface area (Å²) >= 11 is 0. The minimum absolute atomic E-state index is 0.407. The molecular formula is C10H16O. The van der Waals surface area contributed by atoms with E-state index in [1.807, 2.05) is 0 Å². The van der Waals surface area contributed by atoms with E-state index >= 15 is 0 Å². The van der Waals surface area contributed by atoms with Crippen molar-refractivity contribution in [3.63, 3.8) is 0 Å². The van der Waals surface area contributed by atoms with E-state index in [9.17, 15) is 0 Å². The molecule has 1 spiro atoms. The molecule has 2 saturated carbocycles. The van der Waals surface area contributed by atoms with Crippen LogP contribution in [0.15, 0.2) is 0 Å². The first-order chi connectivity index (χ1) is 5.30. The maximum Gasteiger partial charge on any atom is 0.0983 e. The summed E-state index contributed by atoms with van der Waals surface area (Å²) < 4.78 is 5.96. The van der Waals surface area contributed by atoms with Gasteiger partial charge in [-0.1, -0.05) is 13.3 Å². The van der Waals surface area contributed by atoms with Crippen molar-refractivity contribution in [1.29, 1.82) is 0 Å². The molecule has 0 radical (unpaired) electrons. The quantitative estimate of drug-likeness (QED) is 0.554. The molecule has 2 bridgehead atoms. The maximum atomic E-state index is 5.96. The van der Waals surface area contributed by atoms with Gasteiger partial charge in [-0.15, -0.1) is 0 Å². The average Bonchev–Trinajstić information content (AvgIpc) is 2.32. The van der Waals surface area contributed by atoms with Gasteiger partial charge in [0, 0.05) is 0 Å². The molecule has 3 rings (SSSR count). The smallest absolute Gasteiger partial charge is 0.0983 e. The van der Waals surface area contributed by atoms with Crippen LogP contribution in [0.1, 0.15) is 45.4 Å². The minimum Gasteiger partial charge on any atom is -0.363 e. The SMILES string of the molecule is CCCC12CC3CCC1(C3)O2. The van der Waals surface area contributed by atoms with Gasteiger partial charge in [0.1, 0.15) is 0 Å². The van der Waals surface area contributed by atoms with E-state index in [0.29, 0.717) is 11.2 Å². The van der Waals surface area contributed by atoms with Crippen LogP contribution in [-0.4, -0.2) is 11.2 Å². The Morgan fingerprint density at radius 1 is 1.45 bits per heavy atom. The number of rotatable bonds is 2. The summed E-state index contributed by atoms with van der Waals surface area (Å²) in [7, 11) is 0. The average molecular weight is 152 g/mol. The zero-order valence-corrected chi connectivity index (χ0v) is 7.23. The van der Waals surface area contributed by atoms with Gasteiger partial charge in [0.05, 0.1) is 11.2 Å². The highest BCUT2D eigenvalue weighted by Gasteiger charge is 2.76. The van der Waals surface area contributed by atoms with Crippen LogP contribution >= 0.6 is 0 Å². The third-order valence-electron chi connectivity index (χ3n) is 4.03. The summed E-state index contributed by atoms with van der Waals surface area (Å²) in [4.78, 5) is 0. The molecular weight excluding hydrogens is 136 g/mol. The lowest BCUT2D eigenvalue weighted by Gasteiger charge is -2.14. The van der Waals surface area contributed by atoms with E-state index in [1.54, 1.807) is 0 Å². The molecule has 0 N–H and O–H groups in total. The first kappa shape index (κ1) is 6.47. The van der Waals surface area contributed by atoms with Crippen LogP contribution in [0.3, 0.4) is 0 Å². The summed E-state index contributed by atoms with van der Waals surface area (Å²) in [6.45, 7) is 2.27. The monoisotopic (exact) mass is 152 g/mol. The third-order valence-corrected chi connectivity index (χ3v) is 4.03. The summed E-state index contributed by atoms with van der Waals surface area (Å²) in [6.07, 6.45) is 8.23. The van der Waals surface area contributed by atoms with Gasteiger partial charge in [-0.3, -0.25) is 0 Å². The lowest BCUT2D eigenvalue weighted by molar-refractivity contribution is 0.205. The molecule has 3 fully saturated rings. The fourth-order valence-electron chi connectivity index (χ4n) is 3.62. The van der Waals surface area contributed by atoms with Crippen molar-refractivity contribution in [2.75, 3.05) is 0 Å². The molecule has 11 heavy (non-hydrogen) atoms. The Morgan fingerprint density at radius 2 is 2.36 bits per heavy atom. The molecule has 0 amide bonds. The van der Waals surface area contributed by atoms with Gasteiger partial charge in [0.25, 0.3) is 0 Å². The molecule has 1 aliphatic heterocycles. The number of hydrogen-bond donors (Lipinski definition) is 0. The third kappa shape index (κ3) is 0.581. The Balaban J connectivity index is 1.85. The van der Waals surface area contributed by atoms with E-state index in [2.05, 4.69) is 6.92 Å². The van der Waals surface area contributed by atoms with Gasteiger partial charge < -0.3 is 4.74 Å². The van der Waals surface area contributed by atoms with Crippen LogP contribution in [0, 0.1) is 5.92 Å². The zero-order chi connectivity index (χ0) is 7.53. The van der Waals surface area contributed by atoms with Crippen molar-refractivity contribution in [2.45, 2.75) is 56.7 Å². The number of hydrogen-bond acceptors (Lipinski definition) is 1. The molecule has 0 aromatic rings. The van der Waals surface area contributed by atoms with Crippen LogP contribution in [0.4, 0.5) is 0 Å². The molecule has 1 heteroatoms. The van der Waals surface area contributed by atoms with Gasteiger partial charge in [-0.25, -0.2) is 0 Å². The second-order valence-corrected chi connectivity index (χ2v) is 4.65.